The molecule has 0 radical (unpaired) electrons. The Balaban J connectivity index is 1.46. The van der Waals surface area contributed by atoms with E-state index in [9.17, 15) is 4.79 Å². The van der Waals surface area contributed by atoms with Crippen LogP contribution < -0.4 is 0 Å². The number of ketones is 1. The van der Waals surface area contributed by atoms with Crippen molar-refractivity contribution in [3.8, 4) is 22.3 Å². The summed E-state index contributed by atoms with van der Waals surface area (Å²) < 4.78 is 0. The molecule has 0 heterocycles. The van der Waals surface area contributed by atoms with Crippen molar-refractivity contribution in [2.24, 2.45) is 0 Å². The minimum absolute atomic E-state index is 0.141. The average molecular weight is 348 g/mol. The normalized spacial score (nSPS) is 10.5. The van der Waals surface area contributed by atoms with Crippen molar-refractivity contribution in [2.75, 3.05) is 0 Å². The van der Waals surface area contributed by atoms with Gasteiger partial charge in [0.15, 0.2) is 5.78 Å². The molecule has 1 nitrogen and oxygen atoms in total. The van der Waals surface area contributed by atoms with Crippen LogP contribution in [0.25, 0.3) is 22.3 Å². The van der Waals surface area contributed by atoms with Crippen LogP contribution in [-0.4, -0.2) is 5.78 Å². The highest BCUT2D eigenvalue weighted by atomic mass is 16.1. The predicted molar refractivity (Wildman–Crippen MR) is 112 cm³/mol. The van der Waals surface area contributed by atoms with Crippen molar-refractivity contribution < 1.29 is 4.79 Å². The fourth-order valence-corrected chi connectivity index (χ4v) is 3.21. The molecule has 0 N–H and O–H groups in total. The Labute approximate surface area is 159 Å². The third-order valence-electron chi connectivity index (χ3n) is 4.74. The molecule has 0 aliphatic heterocycles. The summed E-state index contributed by atoms with van der Waals surface area (Å²) in [6.45, 7) is 0. The molecule has 0 fully saturated rings. The molecule has 0 atom stereocenters. The van der Waals surface area contributed by atoms with Crippen LogP contribution in [-0.2, 0) is 6.42 Å². The zero-order valence-electron chi connectivity index (χ0n) is 15.0. The molecular weight excluding hydrogens is 328 g/mol. The second-order valence-electron chi connectivity index (χ2n) is 6.61. The lowest BCUT2D eigenvalue weighted by molar-refractivity contribution is 0.0993. The first-order chi connectivity index (χ1) is 13.3. The number of Topliss-reactive ketones (excluding diaryl/α,β-unsaturated/α-hetero) is 1. The van der Waals surface area contributed by atoms with E-state index in [1.54, 1.807) is 0 Å². The number of benzene rings is 4. The Morgan fingerprint density at radius 1 is 0.481 bits per heavy atom. The lowest BCUT2D eigenvalue weighted by Crippen LogP contribution is -2.03. The third kappa shape index (κ3) is 4.04. The van der Waals surface area contributed by atoms with Crippen molar-refractivity contribution in [2.45, 2.75) is 6.42 Å². The molecule has 0 saturated heterocycles. The Morgan fingerprint density at radius 3 is 1.37 bits per heavy atom. The number of carbonyl (C=O) groups excluding carboxylic acids is 1. The van der Waals surface area contributed by atoms with Gasteiger partial charge < -0.3 is 0 Å². The Kier molecular flexibility index (Phi) is 4.93. The van der Waals surface area contributed by atoms with E-state index in [0.717, 1.165) is 22.3 Å². The summed E-state index contributed by atoms with van der Waals surface area (Å²) in [5.74, 6) is 0.141. The maximum absolute atomic E-state index is 12.6. The topological polar surface area (TPSA) is 17.1 Å². The third-order valence-corrected chi connectivity index (χ3v) is 4.74. The molecule has 0 aliphatic rings. The monoisotopic (exact) mass is 348 g/mol. The van der Waals surface area contributed by atoms with Crippen molar-refractivity contribution in [1.82, 2.24) is 0 Å². The fraction of sp³-hybridized carbons (Fsp3) is 0.0385. The quantitative estimate of drug-likeness (QED) is 0.379. The summed E-state index contributed by atoms with van der Waals surface area (Å²) in [6, 6.07) is 36.6. The van der Waals surface area contributed by atoms with Crippen molar-refractivity contribution in [3.63, 3.8) is 0 Å². The first-order valence-corrected chi connectivity index (χ1v) is 9.13. The first-order valence-electron chi connectivity index (χ1n) is 9.13. The van der Waals surface area contributed by atoms with Crippen LogP contribution in [0, 0.1) is 0 Å². The minimum atomic E-state index is 0.141. The van der Waals surface area contributed by atoms with E-state index in [1.807, 2.05) is 72.8 Å². The van der Waals surface area contributed by atoms with Gasteiger partial charge in [-0.3, -0.25) is 4.79 Å². The largest absolute Gasteiger partial charge is 0.294 e. The van der Waals surface area contributed by atoms with Crippen LogP contribution in [0.2, 0.25) is 0 Å². The van der Waals surface area contributed by atoms with E-state index in [-0.39, 0.29) is 5.78 Å². The molecule has 0 bridgehead atoms. The van der Waals surface area contributed by atoms with Crippen LogP contribution in [0.15, 0.2) is 109 Å². The standard InChI is InChI=1S/C26H20O/c27-26(25-17-15-24(16-18-25)22-9-5-2-6-10-22)19-20-11-13-23(14-12-20)21-7-3-1-4-8-21/h1-18H,19H2. The van der Waals surface area contributed by atoms with Gasteiger partial charge in [-0.2, -0.15) is 0 Å². The number of hydrogen-bond donors (Lipinski definition) is 0. The van der Waals surface area contributed by atoms with Gasteiger partial charge in [0.25, 0.3) is 0 Å². The van der Waals surface area contributed by atoms with Gasteiger partial charge in [0.05, 0.1) is 0 Å². The molecule has 4 aromatic carbocycles. The van der Waals surface area contributed by atoms with Gasteiger partial charge in [-0.05, 0) is 27.8 Å². The number of carbonyl (C=O) groups is 1. The predicted octanol–water partition coefficient (Wildman–Crippen LogP) is 6.45. The molecule has 0 unspecified atom stereocenters. The highest BCUT2D eigenvalue weighted by molar-refractivity contribution is 5.98. The maximum atomic E-state index is 12.6. The minimum Gasteiger partial charge on any atom is -0.294 e. The Bertz CT molecular complexity index is 1020. The van der Waals surface area contributed by atoms with E-state index >= 15 is 0 Å². The van der Waals surface area contributed by atoms with Gasteiger partial charge in [-0.1, -0.05) is 109 Å². The van der Waals surface area contributed by atoms with Gasteiger partial charge in [-0.25, -0.2) is 0 Å². The van der Waals surface area contributed by atoms with Crippen LogP contribution in [0.3, 0.4) is 0 Å². The smallest absolute Gasteiger partial charge is 0.167 e. The summed E-state index contributed by atoms with van der Waals surface area (Å²) >= 11 is 0. The van der Waals surface area contributed by atoms with Gasteiger partial charge in [-0.15, -0.1) is 0 Å². The molecule has 0 aromatic heterocycles. The highest BCUT2D eigenvalue weighted by Crippen LogP contribution is 2.21. The molecule has 130 valence electrons. The average Bonchev–Trinajstić information content (AvgIpc) is 2.76. The molecule has 0 saturated carbocycles. The Hall–Kier alpha value is -3.45. The van der Waals surface area contributed by atoms with Crippen LogP contribution >= 0.6 is 0 Å². The van der Waals surface area contributed by atoms with Gasteiger partial charge >= 0.3 is 0 Å². The van der Waals surface area contributed by atoms with E-state index < -0.39 is 0 Å². The van der Waals surface area contributed by atoms with Crippen LogP contribution in [0.1, 0.15) is 15.9 Å². The summed E-state index contributed by atoms with van der Waals surface area (Å²) in [4.78, 5) is 12.6. The molecule has 0 spiro atoms. The SMILES string of the molecule is O=C(Cc1ccc(-c2ccccc2)cc1)c1ccc(-c2ccccc2)cc1. The van der Waals surface area contributed by atoms with Crippen molar-refractivity contribution >= 4 is 5.78 Å². The second-order valence-corrected chi connectivity index (χ2v) is 6.61. The molecule has 27 heavy (non-hydrogen) atoms. The van der Waals surface area contributed by atoms with Crippen molar-refractivity contribution in [3.05, 3.63) is 120 Å². The summed E-state index contributed by atoms with van der Waals surface area (Å²) in [7, 11) is 0. The van der Waals surface area contributed by atoms with Gasteiger partial charge in [0.1, 0.15) is 0 Å². The van der Waals surface area contributed by atoms with Crippen LogP contribution in [0.5, 0.6) is 0 Å². The summed E-state index contributed by atoms with van der Waals surface area (Å²) in [5.41, 5.74) is 6.42. The first kappa shape index (κ1) is 17.0. The van der Waals surface area contributed by atoms with Crippen molar-refractivity contribution in [1.29, 1.82) is 0 Å². The molecule has 4 aromatic rings. The molecule has 1 heteroatoms. The van der Waals surface area contributed by atoms with E-state index in [2.05, 4.69) is 36.4 Å². The van der Waals surface area contributed by atoms with Gasteiger partial charge in [0.2, 0.25) is 0 Å². The summed E-state index contributed by atoms with van der Waals surface area (Å²) in [6.07, 6.45) is 0.416. The number of hydrogen-bond acceptors (Lipinski definition) is 1. The van der Waals surface area contributed by atoms with Gasteiger partial charge in [0, 0.05) is 12.0 Å². The highest BCUT2D eigenvalue weighted by Gasteiger charge is 2.08. The molecule has 0 amide bonds. The van der Waals surface area contributed by atoms with E-state index in [0.29, 0.717) is 6.42 Å². The second kappa shape index (κ2) is 7.84. The molecule has 0 aliphatic carbocycles. The Morgan fingerprint density at radius 2 is 0.889 bits per heavy atom. The zero-order valence-corrected chi connectivity index (χ0v) is 15.0. The zero-order chi connectivity index (χ0) is 18.5. The van der Waals surface area contributed by atoms with Crippen LogP contribution in [0.4, 0.5) is 0 Å². The lowest BCUT2D eigenvalue weighted by Gasteiger charge is -2.06. The lowest BCUT2D eigenvalue weighted by atomic mass is 9.98. The van der Waals surface area contributed by atoms with E-state index in [1.165, 1.54) is 11.1 Å². The molecule has 4 rings (SSSR count). The molecular formula is C26H20O. The summed E-state index contributed by atoms with van der Waals surface area (Å²) in [5, 5.41) is 0. The fourth-order valence-electron chi connectivity index (χ4n) is 3.21. The van der Waals surface area contributed by atoms with E-state index in [4.69, 9.17) is 0 Å². The maximum Gasteiger partial charge on any atom is 0.167 e. The number of rotatable bonds is 5.